The summed E-state index contributed by atoms with van der Waals surface area (Å²) < 4.78 is 123. The van der Waals surface area contributed by atoms with Gasteiger partial charge < -0.3 is 0 Å². The van der Waals surface area contributed by atoms with Crippen molar-refractivity contribution in [2.45, 2.75) is 18.5 Å². The minimum atomic E-state index is -6.13. The van der Waals surface area contributed by atoms with Crippen LogP contribution < -0.4 is 4.90 Å². The van der Waals surface area contributed by atoms with Crippen molar-refractivity contribution in [3.63, 3.8) is 0 Å². The van der Waals surface area contributed by atoms with Crippen molar-refractivity contribution in [1.29, 1.82) is 0 Å². The molecule has 1 heterocycles. The Morgan fingerprint density at radius 1 is 0.737 bits per heavy atom. The lowest BCUT2D eigenvalue weighted by molar-refractivity contribution is -0.907. The van der Waals surface area contributed by atoms with Crippen molar-refractivity contribution in [2.24, 2.45) is 0 Å². The third-order valence-corrected chi connectivity index (χ3v) is 1.70. The molecule has 1 rings (SSSR count). The zero-order valence-electron chi connectivity index (χ0n) is 8.12. The van der Waals surface area contributed by atoms with Crippen LogP contribution in [-0.2, 0) is 18.5 Å². The lowest BCUT2D eigenvalue weighted by Crippen LogP contribution is -2.44. The average molecular weight is 304 g/mol. The molecule has 0 saturated heterocycles. The van der Waals surface area contributed by atoms with Gasteiger partial charge in [0.2, 0.25) is 0 Å². The van der Waals surface area contributed by atoms with Gasteiger partial charge in [-0.15, -0.1) is 0 Å². The van der Waals surface area contributed by atoms with E-state index in [2.05, 4.69) is 0 Å². The molecule has 0 aliphatic rings. The summed E-state index contributed by atoms with van der Waals surface area (Å²) in [5.41, 5.74) is -9.49. The van der Waals surface area contributed by atoms with Gasteiger partial charge in [-0.2, -0.15) is 39.5 Å². The highest BCUT2D eigenvalue weighted by Gasteiger charge is 2.59. The van der Waals surface area contributed by atoms with Crippen LogP contribution >= 0.6 is 0 Å². The molecule has 0 N–H and O–H groups in total. The molecule has 0 bridgehead atoms. The number of alkyl halides is 9. The highest BCUT2D eigenvalue weighted by atomic mass is 19.4. The number of halogens is 10. The largest absolute Gasteiger partial charge is 0.461 e. The van der Waals surface area contributed by atoms with Crippen LogP contribution in [0, 0.1) is 0 Å². The molecule has 0 radical (unpaired) electrons. The third-order valence-electron chi connectivity index (χ3n) is 1.70. The summed E-state index contributed by atoms with van der Waals surface area (Å²) in [6.45, 7) is 0. The third kappa shape index (κ3) is 3.01. The Labute approximate surface area is 95.9 Å². The first-order valence-corrected chi connectivity index (χ1v) is 3.97. The van der Waals surface area contributed by atoms with Crippen LogP contribution in [0.2, 0.25) is 0 Å². The Balaban J connectivity index is 3.82. The van der Waals surface area contributed by atoms with E-state index in [1.54, 1.807) is 10.3 Å². The molecule has 108 valence electrons. The molecule has 13 heteroatoms. The Hall–Kier alpha value is -1.69. The first-order valence-electron chi connectivity index (χ1n) is 3.97. The maximum absolute atomic E-state index is 12.6. The van der Waals surface area contributed by atoms with Crippen molar-refractivity contribution in [2.75, 3.05) is 0 Å². The van der Waals surface area contributed by atoms with Gasteiger partial charge in [0.05, 0.1) is 10.0 Å². The van der Waals surface area contributed by atoms with Gasteiger partial charge in [-0.25, -0.2) is 0 Å². The fourth-order valence-corrected chi connectivity index (χ4v) is 1.10. The average Bonchev–Trinajstić information content (AvgIpc) is 2.11. The van der Waals surface area contributed by atoms with E-state index >= 15 is 0 Å². The van der Waals surface area contributed by atoms with Gasteiger partial charge in [0.25, 0.3) is 5.69 Å². The molecule has 0 aromatic carbocycles. The first-order chi connectivity index (χ1) is 8.26. The monoisotopic (exact) mass is 304 g/mol. The highest BCUT2D eigenvalue weighted by Crippen LogP contribution is 2.43. The van der Waals surface area contributed by atoms with Crippen LogP contribution in [0.25, 0.3) is 0 Å². The van der Waals surface area contributed by atoms with Crippen LogP contribution in [0.3, 0.4) is 0 Å². The molecule has 0 saturated carbocycles. The van der Waals surface area contributed by atoms with Crippen LogP contribution in [-0.4, -0.2) is 10.3 Å². The Bertz CT molecular complexity index is 484. The van der Waals surface area contributed by atoms with Gasteiger partial charge in [0.15, 0.2) is 10.8 Å². The lowest BCUT2D eigenvalue weighted by Gasteiger charge is -2.13. The summed E-state index contributed by atoms with van der Waals surface area (Å²) in [4.78, 5) is -1.90. The van der Waals surface area contributed by atoms with Gasteiger partial charge in [-0.1, -0.05) is 0 Å². The van der Waals surface area contributed by atoms with Crippen LogP contribution in [0.5, 0.6) is 0 Å². The molecule has 19 heavy (non-hydrogen) atoms. The van der Waals surface area contributed by atoms with Gasteiger partial charge in [-0.3, -0.25) is 0 Å². The summed E-state index contributed by atoms with van der Waals surface area (Å²) in [5.74, 6) is 0. The predicted molar refractivity (Wildman–Crippen MR) is 33.7 cm³/mol. The standard InChI is InChI=1S/C6F10N3/c7-4(8,9)1-2(5(10,11)12)17-18-19(16)3(1)6(13,14)15/q+1. The Kier molecular flexibility index (Phi) is 3.37. The number of nitrogens with zero attached hydrogens (tertiary/aromatic N) is 3. The molecular formula is C6F10N3+. The number of aromatic nitrogens is 3. The topological polar surface area (TPSA) is 29.7 Å². The summed E-state index contributed by atoms with van der Waals surface area (Å²) in [5, 5.41) is 3.53. The van der Waals surface area contributed by atoms with Gasteiger partial charge in [0.1, 0.15) is 0 Å². The number of hydrogen-bond acceptors (Lipinski definition) is 2. The Morgan fingerprint density at radius 3 is 1.53 bits per heavy atom. The predicted octanol–water partition coefficient (Wildman–Crippen LogP) is 2.55. The maximum atomic E-state index is 12.6. The molecule has 0 spiro atoms. The molecule has 0 aliphatic carbocycles. The normalized spacial score (nSPS) is 13.8. The van der Waals surface area contributed by atoms with E-state index in [1.807, 2.05) is 0 Å². The number of hydrogen-bond donors (Lipinski definition) is 0. The number of rotatable bonds is 0. The minimum absolute atomic E-state index is 1.75. The molecule has 0 amide bonds. The van der Waals surface area contributed by atoms with Crippen molar-refractivity contribution >= 4 is 0 Å². The fourth-order valence-electron chi connectivity index (χ4n) is 1.10. The zero-order valence-corrected chi connectivity index (χ0v) is 8.12. The minimum Gasteiger partial charge on any atom is -0.166 e. The van der Waals surface area contributed by atoms with Crippen LogP contribution in [0.1, 0.15) is 17.0 Å². The van der Waals surface area contributed by atoms with E-state index in [0.29, 0.717) is 0 Å². The maximum Gasteiger partial charge on any atom is 0.461 e. The van der Waals surface area contributed by atoms with E-state index in [1.165, 1.54) is 0 Å². The molecule has 3 nitrogen and oxygen atoms in total. The second-order valence-corrected chi connectivity index (χ2v) is 3.02. The molecule has 0 atom stereocenters. The van der Waals surface area contributed by atoms with Gasteiger partial charge >= 0.3 is 24.2 Å². The van der Waals surface area contributed by atoms with Crippen molar-refractivity contribution in [3.8, 4) is 0 Å². The van der Waals surface area contributed by atoms with Gasteiger partial charge in [-0.05, 0) is 0 Å². The summed E-state index contributed by atoms with van der Waals surface area (Å²) in [6, 6.07) is 0. The van der Waals surface area contributed by atoms with Crippen LogP contribution in [0.4, 0.5) is 44.0 Å². The SMILES string of the molecule is F[n+]1nnc(C(F)(F)F)c(C(F)(F)F)c1C(F)(F)F. The fraction of sp³-hybridized carbons (Fsp3) is 0.500. The van der Waals surface area contributed by atoms with Crippen molar-refractivity contribution in [3.05, 3.63) is 17.0 Å². The molecular weight excluding hydrogens is 304 g/mol. The van der Waals surface area contributed by atoms with E-state index in [0.717, 1.165) is 0 Å². The molecule has 1 aromatic heterocycles. The second kappa shape index (κ2) is 4.16. The molecule has 0 unspecified atom stereocenters. The summed E-state index contributed by atoms with van der Waals surface area (Å²) in [7, 11) is 0. The van der Waals surface area contributed by atoms with Crippen molar-refractivity contribution < 1.29 is 48.9 Å². The summed E-state index contributed by atoms with van der Waals surface area (Å²) >= 11 is 0. The van der Waals surface area contributed by atoms with Crippen molar-refractivity contribution in [1.82, 2.24) is 10.3 Å². The van der Waals surface area contributed by atoms with E-state index in [-0.39, 0.29) is 0 Å². The van der Waals surface area contributed by atoms with Crippen LogP contribution in [0.15, 0.2) is 0 Å². The molecule has 1 aromatic rings. The molecule has 0 aliphatic heterocycles. The Morgan fingerprint density at radius 2 is 1.21 bits per heavy atom. The molecule has 0 fully saturated rings. The van der Waals surface area contributed by atoms with E-state index in [9.17, 15) is 44.0 Å². The lowest BCUT2D eigenvalue weighted by atomic mass is 10.1. The smallest absolute Gasteiger partial charge is 0.166 e. The quantitative estimate of drug-likeness (QED) is 0.689. The zero-order chi connectivity index (χ0) is 15.2. The highest BCUT2D eigenvalue weighted by molar-refractivity contribution is 5.28. The summed E-state index contributed by atoms with van der Waals surface area (Å²) in [6.07, 6.45) is -18.1. The van der Waals surface area contributed by atoms with E-state index < -0.39 is 40.4 Å². The second-order valence-electron chi connectivity index (χ2n) is 3.02. The van der Waals surface area contributed by atoms with Gasteiger partial charge in [0, 0.05) is 4.48 Å². The first kappa shape index (κ1) is 15.4. The van der Waals surface area contributed by atoms with E-state index in [4.69, 9.17) is 0 Å².